The van der Waals surface area contributed by atoms with Crippen molar-refractivity contribution in [1.29, 1.82) is 0 Å². The van der Waals surface area contributed by atoms with Crippen LogP contribution in [0.4, 0.5) is 5.69 Å². The molecular formula is C19H21N5O3. The standard InChI is InChI=1S/C19H21N5O3/c1-12-7-13(2)9-16(8-12)27-14(3)19(25)21-17-6-5-15(10-18(17)26-4)24-11-20-22-23-24/h5-11,14H,1-4H3,(H,21,25). The average Bonchev–Trinajstić information content (AvgIpc) is 3.15. The van der Waals surface area contributed by atoms with Gasteiger partial charge < -0.3 is 14.8 Å². The van der Waals surface area contributed by atoms with E-state index in [4.69, 9.17) is 9.47 Å². The van der Waals surface area contributed by atoms with Gasteiger partial charge in [-0.1, -0.05) is 6.07 Å². The number of aryl methyl sites for hydroxylation is 2. The van der Waals surface area contributed by atoms with E-state index >= 15 is 0 Å². The lowest BCUT2D eigenvalue weighted by Gasteiger charge is -2.17. The summed E-state index contributed by atoms with van der Waals surface area (Å²) in [5.74, 6) is 0.883. The Labute approximate surface area is 157 Å². The molecule has 1 atom stereocenters. The van der Waals surface area contributed by atoms with Gasteiger partial charge in [-0.3, -0.25) is 4.79 Å². The van der Waals surface area contributed by atoms with Gasteiger partial charge in [0.05, 0.1) is 18.5 Å². The first-order valence-corrected chi connectivity index (χ1v) is 8.43. The molecule has 0 aliphatic rings. The fourth-order valence-corrected chi connectivity index (χ4v) is 2.70. The minimum Gasteiger partial charge on any atom is -0.494 e. The summed E-state index contributed by atoms with van der Waals surface area (Å²) in [4.78, 5) is 12.5. The highest BCUT2D eigenvalue weighted by Gasteiger charge is 2.17. The number of nitrogens with one attached hydrogen (secondary N) is 1. The van der Waals surface area contributed by atoms with Crippen molar-refractivity contribution in [2.75, 3.05) is 12.4 Å². The van der Waals surface area contributed by atoms with E-state index in [0.717, 1.165) is 16.8 Å². The maximum Gasteiger partial charge on any atom is 0.265 e. The summed E-state index contributed by atoms with van der Waals surface area (Å²) in [6.07, 6.45) is 0.808. The zero-order valence-electron chi connectivity index (χ0n) is 15.6. The lowest BCUT2D eigenvalue weighted by Crippen LogP contribution is -2.30. The molecule has 8 heteroatoms. The number of amides is 1. The number of methoxy groups -OCH3 is 1. The molecule has 0 aliphatic heterocycles. The summed E-state index contributed by atoms with van der Waals surface area (Å²) in [5.41, 5.74) is 3.42. The van der Waals surface area contributed by atoms with Crippen LogP contribution in [0.25, 0.3) is 5.69 Å². The maximum absolute atomic E-state index is 12.5. The zero-order chi connectivity index (χ0) is 19.4. The first-order valence-electron chi connectivity index (χ1n) is 8.43. The van der Waals surface area contributed by atoms with E-state index in [-0.39, 0.29) is 5.91 Å². The topological polar surface area (TPSA) is 91.2 Å². The van der Waals surface area contributed by atoms with Crippen LogP contribution in [-0.2, 0) is 4.79 Å². The minimum atomic E-state index is -0.671. The Balaban J connectivity index is 1.72. The number of carbonyl (C=O) groups excluding carboxylic acids is 1. The fourth-order valence-electron chi connectivity index (χ4n) is 2.70. The molecule has 0 saturated carbocycles. The molecule has 0 fully saturated rings. The van der Waals surface area contributed by atoms with Gasteiger partial charge in [-0.05, 0) is 66.6 Å². The molecule has 27 heavy (non-hydrogen) atoms. The van der Waals surface area contributed by atoms with Crippen molar-refractivity contribution in [2.45, 2.75) is 26.9 Å². The van der Waals surface area contributed by atoms with Gasteiger partial charge >= 0.3 is 0 Å². The van der Waals surface area contributed by atoms with E-state index in [1.807, 2.05) is 26.0 Å². The minimum absolute atomic E-state index is 0.275. The van der Waals surface area contributed by atoms with Crippen LogP contribution in [0.1, 0.15) is 18.1 Å². The summed E-state index contributed by atoms with van der Waals surface area (Å²) in [6, 6.07) is 11.1. The first-order chi connectivity index (χ1) is 13.0. The van der Waals surface area contributed by atoms with Crippen molar-refractivity contribution in [3.05, 3.63) is 53.9 Å². The molecule has 3 aromatic rings. The molecule has 140 valence electrons. The third kappa shape index (κ3) is 4.41. The van der Waals surface area contributed by atoms with Crippen molar-refractivity contribution in [3.8, 4) is 17.2 Å². The summed E-state index contributed by atoms with van der Waals surface area (Å²) in [7, 11) is 1.53. The Morgan fingerprint density at radius 3 is 2.52 bits per heavy atom. The number of anilines is 1. The van der Waals surface area contributed by atoms with Crippen LogP contribution in [0.2, 0.25) is 0 Å². The second-order valence-electron chi connectivity index (χ2n) is 6.21. The van der Waals surface area contributed by atoms with E-state index < -0.39 is 6.10 Å². The molecule has 0 bridgehead atoms. The molecule has 3 rings (SSSR count). The molecule has 0 radical (unpaired) electrons. The normalized spacial score (nSPS) is 11.7. The summed E-state index contributed by atoms with van der Waals surface area (Å²) >= 11 is 0. The summed E-state index contributed by atoms with van der Waals surface area (Å²) in [6.45, 7) is 5.68. The Kier molecular flexibility index (Phi) is 5.35. The lowest BCUT2D eigenvalue weighted by molar-refractivity contribution is -0.122. The number of ether oxygens (including phenoxy) is 2. The fraction of sp³-hybridized carbons (Fsp3) is 0.263. The maximum atomic E-state index is 12.5. The lowest BCUT2D eigenvalue weighted by atomic mass is 10.1. The van der Waals surface area contributed by atoms with Crippen molar-refractivity contribution in [3.63, 3.8) is 0 Å². The number of rotatable bonds is 6. The van der Waals surface area contributed by atoms with Gasteiger partial charge in [0.15, 0.2) is 6.10 Å². The SMILES string of the molecule is COc1cc(-n2cnnn2)ccc1NC(=O)C(C)Oc1cc(C)cc(C)c1. The van der Waals surface area contributed by atoms with E-state index in [0.29, 0.717) is 17.2 Å². The Morgan fingerprint density at radius 2 is 1.89 bits per heavy atom. The van der Waals surface area contributed by atoms with Crippen LogP contribution in [0, 0.1) is 13.8 Å². The number of aromatic nitrogens is 4. The van der Waals surface area contributed by atoms with Gasteiger partial charge in [0.25, 0.3) is 5.91 Å². The smallest absolute Gasteiger partial charge is 0.265 e. The van der Waals surface area contributed by atoms with E-state index in [1.54, 1.807) is 25.1 Å². The Bertz CT molecular complexity index is 920. The quantitative estimate of drug-likeness (QED) is 0.720. The molecule has 1 heterocycles. The Hall–Kier alpha value is -3.42. The molecule has 1 unspecified atom stereocenters. The number of hydrogen-bond donors (Lipinski definition) is 1. The number of tetrazole rings is 1. The molecule has 1 aromatic heterocycles. The van der Waals surface area contributed by atoms with E-state index in [9.17, 15) is 4.79 Å². The largest absolute Gasteiger partial charge is 0.494 e. The Morgan fingerprint density at radius 1 is 1.15 bits per heavy atom. The number of nitrogens with zero attached hydrogens (tertiary/aromatic N) is 4. The highest BCUT2D eigenvalue weighted by molar-refractivity contribution is 5.95. The van der Waals surface area contributed by atoms with Gasteiger partial charge in [-0.2, -0.15) is 0 Å². The summed E-state index contributed by atoms with van der Waals surface area (Å²) in [5, 5.41) is 13.9. The molecule has 0 saturated heterocycles. The number of carbonyl (C=O) groups is 1. The average molecular weight is 367 g/mol. The third-order valence-corrected chi connectivity index (χ3v) is 3.93. The molecular weight excluding hydrogens is 346 g/mol. The number of benzene rings is 2. The third-order valence-electron chi connectivity index (χ3n) is 3.93. The van der Waals surface area contributed by atoms with Crippen LogP contribution >= 0.6 is 0 Å². The molecule has 0 spiro atoms. The van der Waals surface area contributed by atoms with Crippen LogP contribution in [0.15, 0.2) is 42.7 Å². The predicted molar refractivity (Wildman–Crippen MR) is 100 cm³/mol. The highest BCUT2D eigenvalue weighted by Crippen LogP contribution is 2.27. The highest BCUT2D eigenvalue weighted by atomic mass is 16.5. The van der Waals surface area contributed by atoms with Crippen LogP contribution in [-0.4, -0.2) is 39.3 Å². The van der Waals surface area contributed by atoms with Crippen molar-refractivity contribution >= 4 is 11.6 Å². The van der Waals surface area contributed by atoms with Crippen molar-refractivity contribution in [2.24, 2.45) is 0 Å². The van der Waals surface area contributed by atoms with Crippen LogP contribution < -0.4 is 14.8 Å². The van der Waals surface area contributed by atoms with E-state index in [1.165, 1.54) is 18.1 Å². The predicted octanol–water partition coefficient (Wildman–Crippen LogP) is 2.69. The monoisotopic (exact) mass is 367 g/mol. The van der Waals surface area contributed by atoms with Gasteiger partial charge in [-0.25, -0.2) is 4.68 Å². The zero-order valence-corrected chi connectivity index (χ0v) is 15.6. The van der Waals surface area contributed by atoms with Gasteiger partial charge in [0.2, 0.25) is 0 Å². The first kappa shape index (κ1) is 18.4. The molecule has 0 aliphatic carbocycles. The molecule has 1 amide bonds. The molecule has 1 N–H and O–H groups in total. The van der Waals surface area contributed by atoms with Gasteiger partial charge in [0.1, 0.15) is 17.8 Å². The van der Waals surface area contributed by atoms with E-state index in [2.05, 4.69) is 26.9 Å². The van der Waals surface area contributed by atoms with Gasteiger partial charge in [0, 0.05) is 6.07 Å². The van der Waals surface area contributed by atoms with Crippen molar-refractivity contribution < 1.29 is 14.3 Å². The molecule has 8 nitrogen and oxygen atoms in total. The summed E-state index contributed by atoms with van der Waals surface area (Å²) < 4.78 is 12.7. The van der Waals surface area contributed by atoms with Crippen molar-refractivity contribution in [1.82, 2.24) is 20.2 Å². The number of hydrogen-bond acceptors (Lipinski definition) is 6. The van der Waals surface area contributed by atoms with Gasteiger partial charge in [-0.15, -0.1) is 5.10 Å². The second kappa shape index (κ2) is 7.86. The molecule has 2 aromatic carbocycles. The van der Waals surface area contributed by atoms with Crippen LogP contribution in [0.5, 0.6) is 11.5 Å². The van der Waals surface area contributed by atoms with Crippen LogP contribution in [0.3, 0.4) is 0 Å². The second-order valence-corrected chi connectivity index (χ2v) is 6.21.